The normalized spacial score (nSPS) is 13.7. The largest absolute Gasteiger partial charge is 0.443 e. The molecule has 0 radical (unpaired) electrons. The quantitative estimate of drug-likeness (QED) is 0.547. The molecule has 4 aromatic heterocycles. The minimum absolute atomic E-state index is 0.0538. The van der Waals surface area contributed by atoms with Crippen molar-refractivity contribution in [1.82, 2.24) is 29.4 Å². The van der Waals surface area contributed by atoms with Crippen molar-refractivity contribution >= 4 is 16.8 Å². The molecule has 0 aromatic carbocycles. The van der Waals surface area contributed by atoms with Crippen molar-refractivity contribution in [1.29, 1.82) is 0 Å². The predicted molar refractivity (Wildman–Crippen MR) is 101 cm³/mol. The predicted octanol–water partition coefficient (Wildman–Crippen LogP) is 2.37. The summed E-state index contributed by atoms with van der Waals surface area (Å²) in [7, 11) is 0. The number of rotatable bonds is 3. The maximum absolute atomic E-state index is 12.8. The van der Waals surface area contributed by atoms with Crippen LogP contribution in [0.1, 0.15) is 17.2 Å². The van der Waals surface area contributed by atoms with Gasteiger partial charge in [0.2, 0.25) is 5.91 Å². The summed E-state index contributed by atoms with van der Waals surface area (Å²) in [6.07, 6.45) is 8.75. The Morgan fingerprint density at radius 1 is 1.18 bits per heavy atom. The zero-order chi connectivity index (χ0) is 19.1. The first-order valence-corrected chi connectivity index (χ1v) is 9.10. The number of hydrogen-bond donors (Lipinski definition) is 0. The maximum atomic E-state index is 12.8. The van der Waals surface area contributed by atoms with Crippen molar-refractivity contribution < 1.29 is 9.21 Å². The minimum atomic E-state index is 0.0538. The van der Waals surface area contributed by atoms with Crippen molar-refractivity contribution in [2.75, 3.05) is 6.54 Å². The van der Waals surface area contributed by atoms with Crippen LogP contribution in [-0.2, 0) is 24.3 Å². The molecule has 8 heteroatoms. The molecule has 0 aliphatic carbocycles. The van der Waals surface area contributed by atoms with Gasteiger partial charge in [0.15, 0.2) is 12.2 Å². The zero-order valence-electron chi connectivity index (χ0n) is 15.4. The van der Waals surface area contributed by atoms with Crippen molar-refractivity contribution in [3.8, 4) is 11.3 Å². The molecule has 1 aliphatic rings. The van der Waals surface area contributed by atoms with Crippen molar-refractivity contribution in [3.05, 3.63) is 60.5 Å². The highest BCUT2D eigenvalue weighted by atomic mass is 16.3. The Morgan fingerprint density at radius 2 is 2.11 bits per heavy atom. The summed E-state index contributed by atoms with van der Waals surface area (Å²) < 4.78 is 7.45. The summed E-state index contributed by atoms with van der Waals surface area (Å²) in [4.78, 5) is 31.9. The summed E-state index contributed by atoms with van der Waals surface area (Å²) in [5, 5.41) is 0.913. The number of carbonyl (C=O) groups excluding carboxylic acids is 1. The fraction of sp³-hybridized carbons (Fsp3) is 0.250. The molecule has 4 aromatic rings. The van der Waals surface area contributed by atoms with Gasteiger partial charge >= 0.3 is 0 Å². The zero-order valence-corrected chi connectivity index (χ0v) is 15.4. The number of imidazole rings is 1. The number of nitrogens with zero attached hydrogens (tertiary/aromatic N) is 6. The van der Waals surface area contributed by atoms with Gasteiger partial charge in [0.05, 0.1) is 42.3 Å². The smallest absolute Gasteiger partial charge is 0.229 e. The molecule has 1 aliphatic heterocycles. The van der Waals surface area contributed by atoms with Crippen LogP contribution in [0.3, 0.4) is 0 Å². The average Bonchev–Trinajstić information content (AvgIpc) is 3.35. The second-order valence-electron chi connectivity index (χ2n) is 6.94. The van der Waals surface area contributed by atoms with E-state index >= 15 is 0 Å². The van der Waals surface area contributed by atoms with Crippen LogP contribution in [0, 0.1) is 6.92 Å². The molecule has 5 rings (SSSR count). The lowest BCUT2D eigenvalue weighted by Gasteiger charge is -2.27. The van der Waals surface area contributed by atoms with Gasteiger partial charge in [-0.2, -0.15) is 0 Å². The SMILES string of the molecule is Cc1cn2c(n1)CN(C(=O)Cc1cc3cc(-c4cnco4)cnc3cn1)CC2. The number of aromatic nitrogens is 5. The second kappa shape index (κ2) is 6.56. The molecule has 0 spiro atoms. The van der Waals surface area contributed by atoms with E-state index in [9.17, 15) is 4.79 Å². The van der Waals surface area contributed by atoms with Gasteiger partial charge in [-0.25, -0.2) is 9.97 Å². The number of aryl methyl sites for hydroxylation is 1. The summed E-state index contributed by atoms with van der Waals surface area (Å²) in [6, 6.07) is 3.88. The van der Waals surface area contributed by atoms with E-state index in [0.717, 1.165) is 40.2 Å². The lowest BCUT2D eigenvalue weighted by molar-refractivity contribution is -0.132. The topological polar surface area (TPSA) is 89.9 Å². The highest BCUT2D eigenvalue weighted by molar-refractivity contribution is 5.84. The van der Waals surface area contributed by atoms with Gasteiger partial charge in [0.25, 0.3) is 0 Å². The molecule has 0 N–H and O–H groups in total. The third-order valence-electron chi connectivity index (χ3n) is 4.95. The van der Waals surface area contributed by atoms with Crippen LogP contribution in [0.25, 0.3) is 22.2 Å². The summed E-state index contributed by atoms with van der Waals surface area (Å²) in [5.74, 6) is 1.64. The Morgan fingerprint density at radius 3 is 2.96 bits per heavy atom. The van der Waals surface area contributed by atoms with Gasteiger partial charge < -0.3 is 13.9 Å². The Labute approximate surface area is 160 Å². The van der Waals surface area contributed by atoms with E-state index in [1.54, 1.807) is 18.6 Å². The fourth-order valence-electron chi connectivity index (χ4n) is 3.54. The van der Waals surface area contributed by atoms with Crippen LogP contribution in [0.15, 0.2) is 47.7 Å². The summed E-state index contributed by atoms with van der Waals surface area (Å²) >= 11 is 0. The van der Waals surface area contributed by atoms with Crippen LogP contribution in [-0.4, -0.2) is 41.9 Å². The molecule has 140 valence electrons. The number of hydrogen-bond acceptors (Lipinski definition) is 6. The van der Waals surface area contributed by atoms with E-state index in [4.69, 9.17) is 4.42 Å². The van der Waals surface area contributed by atoms with Crippen molar-refractivity contribution in [2.24, 2.45) is 0 Å². The first kappa shape index (κ1) is 16.6. The Hall–Kier alpha value is -3.55. The van der Waals surface area contributed by atoms with Crippen LogP contribution in [0.5, 0.6) is 0 Å². The Balaban J connectivity index is 1.36. The number of fused-ring (bicyclic) bond motifs is 2. The van der Waals surface area contributed by atoms with E-state index in [2.05, 4.69) is 24.5 Å². The Bertz CT molecular complexity index is 1160. The van der Waals surface area contributed by atoms with Gasteiger partial charge in [-0.1, -0.05) is 0 Å². The van der Waals surface area contributed by atoms with Crippen LogP contribution in [0.2, 0.25) is 0 Å². The van der Waals surface area contributed by atoms with Crippen LogP contribution < -0.4 is 0 Å². The van der Waals surface area contributed by atoms with Crippen molar-refractivity contribution in [3.63, 3.8) is 0 Å². The number of oxazole rings is 1. The number of amides is 1. The standard InChI is InChI=1S/C20H18N6O2/c1-13-10-25-2-3-26(11-19(25)24-13)20(27)6-16-5-14-4-15(18-9-21-12-28-18)7-23-17(14)8-22-16/h4-5,7-10,12H,2-3,6,11H2,1H3. The van der Waals surface area contributed by atoms with E-state index in [0.29, 0.717) is 18.8 Å². The van der Waals surface area contributed by atoms with E-state index in [1.807, 2.05) is 30.2 Å². The average molecular weight is 374 g/mol. The number of carbonyl (C=O) groups is 1. The molecule has 0 atom stereocenters. The van der Waals surface area contributed by atoms with Crippen LogP contribution >= 0.6 is 0 Å². The molecule has 0 fully saturated rings. The highest BCUT2D eigenvalue weighted by Gasteiger charge is 2.22. The molecule has 0 saturated carbocycles. The van der Waals surface area contributed by atoms with E-state index in [-0.39, 0.29) is 12.3 Å². The molecular formula is C20H18N6O2. The third-order valence-corrected chi connectivity index (χ3v) is 4.95. The lowest BCUT2D eigenvalue weighted by atomic mass is 10.1. The Kier molecular flexibility index (Phi) is 3.89. The first-order valence-electron chi connectivity index (χ1n) is 9.10. The molecule has 1 amide bonds. The molecule has 0 bridgehead atoms. The fourth-order valence-corrected chi connectivity index (χ4v) is 3.54. The van der Waals surface area contributed by atoms with Crippen molar-refractivity contribution in [2.45, 2.75) is 26.4 Å². The van der Waals surface area contributed by atoms with Crippen LogP contribution in [0.4, 0.5) is 0 Å². The van der Waals surface area contributed by atoms with Gasteiger partial charge in [-0.3, -0.25) is 14.8 Å². The van der Waals surface area contributed by atoms with E-state index in [1.165, 1.54) is 6.39 Å². The molecule has 0 saturated heterocycles. The van der Waals surface area contributed by atoms with Gasteiger partial charge in [0, 0.05) is 36.4 Å². The van der Waals surface area contributed by atoms with Gasteiger partial charge in [0.1, 0.15) is 5.82 Å². The first-order chi connectivity index (χ1) is 13.7. The monoisotopic (exact) mass is 374 g/mol. The lowest BCUT2D eigenvalue weighted by Crippen LogP contribution is -2.39. The minimum Gasteiger partial charge on any atom is -0.443 e. The summed E-state index contributed by atoms with van der Waals surface area (Å²) in [6.45, 7) is 3.97. The molecular weight excluding hydrogens is 356 g/mol. The molecule has 8 nitrogen and oxygen atoms in total. The molecule has 28 heavy (non-hydrogen) atoms. The maximum Gasteiger partial charge on any atom is 0.229 e. The van der Waals surface area contributed by atoms with Gasteiger partial charge in [-0.05, 0) is 19.1 Å². The number of pyridine rings is 2. The second-order valence-corrected chi connectivity index (χ2v) is 6.94. The summed E-state index contributed by atoms with van der Waals surface area (Å²) in [5.41, 5.74) is 3.32. The highest BCUT2D eigenvalue weighted by Crippen LogP contribution is 2.23. The van der Waals surface area contributed by atoms with E-state index < -0.39 is 0 Å². The third kappa shape index (κ3) is 3.02. The molecule has 0 unspecified atom stereocenters. The van der Waals surface area contributed by atoms with Gasteiger partial charge in [-0.15, -0.1) is 0 Å². The molecule has 5 heterocycles.